The molecule has 1 aliphatic rings. The molecule has 0 saturated heterocycles. The van der Waals surface area contributed by atoms with E-state index < -0.39 is 15.8 Å². The maximum atomic E-state index is 13.6. The molecular weight excluding hydrogens is 435 g/mol. The molecular formula is C19H18ClFN4O2S2. The van der Waals surface area contributed by atoms with E-state index in [-0.39, 0.29) is 15.2 Å². The predicted molar refractivity (Wildman–Crippen MR) is 113 cm³/mol. The van der Waals surface area contributed by atoms with Gasteiger partial charge in [-0.05, 0) is 61.9 Å². The Hall–Kier alpha value is -2.23. The van der Waals surface area contributed by atoms with Crippen LogP contribution in [0.15, 0.2) is 35.5 Å². The first-order valence-electron chi connectivity index (χ1n) is 8.93. The van der Waals surface area contributed by atoms with E-state index in [2.05, 4.69) is 14.7 Å². The van der Waals surface area contributed by atoms with Crippen molar-refractivity contribution in [1.82, 2.24) is 9.97 Å². The first-order chi connectivity index (χ1) is 13.7. The minimum Gasteiger partial charge on any atom is -0.397 e. The minimum atomic E-state index is -3.93. The van der Waals surface area contributed by atoms with Crippen molar-refractivity contribution in [2.24, 2.45) is 5.92 Å². The lowest BCUT2D eigenvalue weighted by molar-refractivity contribution is 0.597. The van der Waals surface area contributed by atoms with Crippen LogP contribution >= 0.6 is 22.9 Å². The van der Waals surface area contributed by atoms with Gasteiger partial charge in [0.05, 0.1) is 22.6 Å². The SMILES string of the molecule is Cc1cc(N)cnc1S(=O)(=O)Nc1nc(-c2ccc(F)c(Cl)c2)c(CC2CC2)s1. The number of hydrogen-bond acceptors (Lipinski definition) is 6. The van der Waals surface area contributed by atoms with Crippen LogP contribution in [-0.4, -0.2) is 18.4 Å². The lowest BCUT2D eigenvalue weighted by Crippen LogP contribution is -2.16. The number of nitrogens with one attached hydrogen (secondary N) is 1. The standard InChI is InChI=1S/C19H18ClFN4O2S2/c1-10-6-13(22)9-23-18(10)29(26,27)25-19-24-17(16(28-19)7-11-2-3-11)12-4-5-15(21)14(20)8-12/h4-6,8-9,11H,2-3,7,22H2,1H3,(H,24,25). The van der Waals surface area contributed by atoms with E-state index in [1.807, 2.05) is 0 Å². The predicted octanol–water partition coefficient (Wildman–Crippen LogP) is 4.64. The Kier molecular flexibility index (Phi) is 5.22. The van der Waals surface area contributed by atoms with Gasteiger partial charge >= 0.3 is 0 Å². The van der Waals surface area contributed by atoms with Crippen molar-refractivity contribution in [2.45, 2.75) is 31.2 Å². The third-order valence-corrected chi connectivity index (χ3v) is 7.40. The summed E-state index contributed by atoms with van der Waals surface area (Å²) >= 11 is 7.20. The monoisotopic (exact) mass is 452 g/mol. The fraction of sp³-hybridized carbons (Fsp3) is 0.263. The minimum absolute atomic E-state index is 0.00305. The molecule has 152 valence electrons. The second kappa shape index (κ2) is 7.55. The number of benzene rings is 1. The molecule has 29 heavy (non-hydrogen) atoms. The van der Waals surface area contributed by atoms with Crippen LogP contribution in [0.3, 0.4) is 0 Å². The number of halogens is 2. The number of pyridine rings is 1. The number of nitrogens with zero attached hydrogens (tertiary/aromatic N) is 2. The summed E-state index contributed by atoms with van der Waals surface area (Å²) in [5, 5.41) is 0.128. The van der Waals surface area contributed by atoms with E-state index >= 15 is 0 Å². The fourth-order valence-electron chi connectivity index (χ4n) is 3.02. The number of hydrogen-bond donors (Lipinski definition) is 2. The van der Waals surface area contributed by atoms with Crippen LogP contribution in [-0.2, 0) is 16.4 Å². The molecule has 4 rings (SSSR count). The van der Waals surface area contributed by atoms with E-state index in [0.29, 0.717) is 28.4 Å². The molecule has 3 N–H and O–H groups in total. The zero-order valence-electron chi connectivity index (χ0n) is 15.4. The van der Waals surface area contributed by atoms with Gasteiger partial charge < -0.3 is 5.73 Å². The summed E-state index contributed by atoms with van der Waals surface area (Å²) in [6.45, 7) is 1.63. The van der Waals surface area contributed by atoms with Crippen molar-refractivity contribution in [3.05, 3.63) is 51.7 Å². The zero-order chi connectivity index (χ0) is 20.8. The third-order valence-electron chi connectivity index (χ3n) is 4.59. The van der Waals surface area contributed by atoms with Crippen LogP contribution in [0.4, 0.5) is 15.2 Å². The summed E-state index contributed by atoms with van der Waals surface area (Å²) in [5.41, 5.74) is 7.75. The molecule has 3 aromatic rings. The van der Waals surface area contributed by atoms with Crippen molar-refractivity contribution >= 4 is 43.8 Å². The van der Waals surface area contributed by atoms with Crippen molar-refractivity contribution in [3.8, 4) is 11.3 Å². The second-order valence-electron chi connectivity index (χ2n) is 7.06. The van der Waals surface area contributed by atoms with Crippen LogP contribution in [0.1, 0.15) is 23.3 Å². The van der Waals surface area contributed by atoms with Crippen LogP contribution in [0.2, 0.25) is 5.02 Å². The van der Waals surface area contributed by atoms with E-state index in [1.54, 1.807) is 19.1 Å². The Morgan fingerprint density at radius 1 is 1.34 bits per heavy atom. The number of anilines is 2. The Morgan fingerprint density at radius 2 is 2.10 bits per heavy atom. The average molecular weight is 453 g/mol. The molecule has 0 aliphatic heterocycles. The summed E-state index contributed by atoms with van der Waals surface area (Å²) < 4.78 is 41.7. The molecule has 1 fully saturated rings. The molecule has 0 spiro atoms. The highest BCUT2D eigenvalue weighted by molar-refractivity contribution is 7.92. The van der Waals surface area contributed by atoms with Crippen LogP contribution in [0.5, 0.6) is 0 Å². The molecule has 1 aliphatic carbocycles. The van der Waals surface area contributed by atoms with Gasteiger partial charge in [0, 0.05) is 10.4 Å². The summed E-state index contributed by atoms with van der Waals surface area (Å²) in [5.74, 6) is 0.0517. The summed E-state index contributed by atoms with van der Waals surface area (Å²) in [6, 6.07) is 5.93. The summed E-state index contributed by atoms with van der Waals surface area (Å²) in [6.07, 6.45) is 4.37. The van der Waals surface area contributed by atoms with E-state index in [9.17, 15) is 12.8 Å². The normalized spacial score (nSPS) is 14.2. The molecule has 0 atom stereocenters. The molecule has 1 aromatic carbocycles. The Morgan fingerprint density at radius 3 is 2.76 bits per heavy atom. The van der Waals surface area contributed by atoms with Gasteiger partial charge in [0.2, 0.25) is 0 Å². The second-order valence-corrected chi connectivity index (χ2v) is 10.2. The molecule has 0 bridgehead atoms. The van der Waals surface area contributed by atoms with Gasteiger partial charge in [-0.3, -0.25) is 4.72 Å². The van der Waals surface area contributed by atoms with E-state index in [0.717, 1.165) is 24.1 Å². The van der Waals surface area contributed by atoms with Crippen molar-refractivity contribution < 1.29 is 12.8 Å². The molecule has 6 nitrogen and oxygen atoms in total. The van der Waals surface area contributed by atoms with Crippen LogP contribution in [0, 0.1) is 18.7 Å². The van der Waals surface area contributed by atoms with Gasteiger partial charge in [0.25, 0.3) is 10.0 Å². The van der Waals surface area contributed by atoms with Gasteiger partial charge in [-0.2, -0.15) is 8.42 Å². The number of rotatable bonds is 6. The van der Waals surface area contributed by atoms with Gasteiger partial charge in [-0.25, -0.2) is 14.4 Å². The van der Waals surface area contributed by atoms with Crippen molar-refractivity contribution in [3.63, 3.8) is 0 Å². The number of thiazole rings is 1. The maximum Gasteiger partial charge on any atom is 0.281 e. The number of nitrogens with two attached hydrogens (primary N) is 1. The zero-order valence-corrected chi connectivity index (χ0v) is 17.8. The Labute approximate surface area is 177 Å². The molecule has 2 aromatic heterocycles. The van der Waals surface area contributed by atoms with E-state index in [4.69, 9.17) is 17.3 Å². The van der Waals surface area contributed by atoms with Crippen molar-refractivity contribution in [2.75, 3.05) is 10.5 Å². The first-order valence-corrected chi connectivity index (χ1v) is 11.6. The van der Waals surface area contributed by atoms with E-state index in [1.165, 1.54) is 29.7 Å². The lowest BCUT2D eigenvalue weighted by Gasteiger charge is -2.07. The maximum absolute atomic E-state index is 13.6. The first kappa shape index (κ1) is 20.1. The summed E-state index contributed by atoms with van der Waals surface area (Å²) in [7, 11) is -3.93. The molecule has 0 radical (unpaired) electrons. The molecule has 0 amide bonds. The van der Waals surface area contributed by atoms with Gasteiger partial charge in [-0.15, -0.1) is 11.3 Å². The highest BCUT2D eigenvalue weighted by Gasteiger charge is 2.27. The van der Waals surface area contributed by atoms with Gasteiger partial charge in [-0.1, -0.05) is 11.6 Å². The molecule has 0 unspecified atom stereocenters. The Balaban J connectivity index is 1.70. The fourth-order valence-corrected chi connectivity index (χ4v) is 5.69. The van der Waals surface area contributed by atoms with Crippen LogP contribution in [0.25, 0.3) is 11.3 Å². The number of sulfonamides is 1. The van der Waals surface area contributed by atoms with Gasteiger partial charge in [0.15, 0.2) is 10.2 Å². The largest absolute Gasteiger partial charge is 0.397 e. The molecule has 1 saturated carbocycles. The molecule has 2 heterocycles. The average Bonchev–Trinajstić information content (AvgIpc) is 3.36. The van der Waals surface area contributed by atoms with Crippen molar-refractivity contribution in [1.29, 1.82) is 0 Å². The number of aromatic nitrogens is 2. The summed E-state index contributed by atoms with van der Waals surface area (Å²) in [4.78, 5) is 9.38. The van der Waals surface area contributed by atoms with Gasteiger partial charge in [0.1, 0.15) is 5.82 Å². The smallest absolute Gasteiger partial charge is 0.281 e. The molecule has 10 heteroatoms. The van der Waals surface area contributed by atoms with Crippen LogP contribution < -0.4 is 10.5 Å². The third kappa shape index (κ3) is 4.36. The lowest BCUT2D eigenvalue weighted by atomic mass is 10.1. The highest BCUT2D eigenvalue weighted by Crippen LogP contribution is 2.40. The quantitative estimate of drug-likeness (QED) is 0.567. The Bertz CT molecular complexity index is 1190. The topological polar surface area (TPSA) is 98.0 Å². The number of aryl methyl sites for hydroxylation is 1. The highest BCUT2D eigenvalue weighted by atomic mass is 35.5. The number of nitrogen functional groups attached to an aromatic ring is 1.